The van der Waals surface area contributed by atoms with Crippen LogP contribution in [0.3, 0.4) is 0 Å². The number of nitrogens with one attached hydrogen (secondary N) is 1. The normalized spacial score (nSPS) is 13.4. The van der Waals surface area contributed by atoms with Crippen LogP contribution in [-0.4, -0.2) is 46.4 Å². The molecule has 0 bridgehead atoms. The minimum Gasteiger partial charge on any atom is -0.452 e. The van der Waals surface area contributed by atoms with Crippen molar-refractivity contribution < 1.29 is 23.0 Å². The average Bonchev–Trinajstić information content (AvgIpc) is 3.45. The largest absolute Gasteiger partial charge is 0.452 e. The third kappa shape index (κ3) is 5.52. The zero-order chi connectivity index (χ0) is 28.5. The Balaban J connectivity index is 1.24. The van der Waals surface area contributed by atoms with Crippen LogP contribution in [0, 0.1) is 15.2 Å². The van der Waals surface area contributed by atoms with Crippen LogP contribution in [0.4, 0.5) is 20.2 Å². The number of hydrogen-bond acceptors (Lipinski definition) is 6. The maximum atomic E-state index is 15.2. The Labute approximate surface area is 246 Å². The molecule has 1 aliphatic rings. The van der Waals surface area contributed by atoms with E-state index in [0.29, 0.717) is 46.8 Å². The Morgan fingerprint density at radius 3 is 2.51 bits per heavy atom. The Morgan fingerprint density at radius 2 is 1.76 bits per heavy atom. The maximum absolute atomic E-state index is 15.2. The number of nitrogens with zero attached hydrogens (tertiary/aromatic N) is 4. The number of amides is 1. The van der Waals surface area contributed by atoms with Gasteiger partial charge in [0.15, 0.2) is 17.3 Å². The van der Waals surface area contributed by atoms with Gasteiger partial charge < -0.3 is 19.7 Å². The van der Waals surface area contributed by atoms with Crippen LogP contribution in [-0.2, 0) is 4.74 Å². The van der Waals surface area contributed by atoms with E-state index in [-0.39, 0.29) is 17.0 Å². The summed E-state index contributed by atoms with van der Waals surface area (Å²) >= 11 is 1.89. The third-order valence-corrected chi connectivity index (χ3v) is 7.51. The lowest BCUT2D eigenvalue weighted by Crippen LogP contribution is -2.36. The summed E-state index contributed by atoms with van der Waals surface area (Å²) in [5.74, 6) is -1.48. The lowest BCUT2D eigenvalue weighted by molar-refractivity contribution is 0.102. The molecular formula is C29H22F2IN5O4. The predicted octanol–water partition coefficient (Wildman–Crippen LogP) is 5.25. The second-order valence-electron chi connectivity index (χ2n) is 9.21. The number of hydrogen-bond donors (Lipinski definition) is 1. The Morgan fingerprint density at radius 1 is 0.976 bits per heavy atom. The van der Waals surface area contributed by atoms with Gasteiger partial charge in [0, 0.05) is 46.4 Å². The Hall–Kier alpha value is -4.30. The van der Waals surface area contributed by atoms with Crippen molar-refractivity contribution in [3.05, 3.63) is 110 Å². The number of halogens is 3. The van der Waals surface area contributed by atoms with Crippen LogP contribution in [0.5, 0.6) is 11.5 Å². The number of fused-ring (bicyclic) bond motifs is 1. The molecule has 4 heterocycles. The summed E-state index contributed by atoms with van der Waals surface area (Å²) < 4.78 is 43.3. The number of carbonyl (C=O) groups excluding carboxylic acids is 1. The number of pyridine rings is 2. The smallest absolute Gasteiger partial charge is 0.269 e. The molecule has 0 radical (unpaired) electrons. The summed E-state index contributed by atoms with van der Waals surface area (Å²) in [6, 6.07) is 14.6. The van der Waals surface area contributed by atoms with Crippen molar-refractivity contribution in [1.82, 2.24) is 14.2 Å². The topological polar surface area (TPSA) is 90.1 Å². The highest BCUT2D eigenvalue weighted by Crippen LogP contribution is 2.33. The van der Waals surface area contributed by atoms with Crippen LogP contribution < -0.4 is 20.5 Å². The molecule has 9 nitrogen and oxygen atoms in total. The molecule has 0 spiro atoms. The predicted molar refractivity (Wildman–Crippen MR) is 157 cm³/mol. The highest BCUT2D eigenvalue weighted by molar-refractivity contribution is 14.1. The number of benzene rings is 2. The molecule has 3 aromatic heterocycles. The van der Waals surface area contributed by atoms with E-state index in [1.54, 1.807) is 22.8 Å². The molecule has 6 rings (SSSR count). The van der Waals surface area contributed by atoms with Crippen LogP contribution in [0.2, 0.25) is 0 Å². The van der Waals surface area contributed by atoms with Gasteiger partial charge in [-0.1, -0.05) is 0 Å². The highest BCUT2D eigenvalue weighted by atomic mass is 127. The van der Waals surface area contributed by atoms with Crippen molar-refractivity contribution in [2.45, 2.75) is 0 Å². The van der Waals surface area contributed by atoms with E-state index in [4.69, 9.17) is 9.47 Å². The molecule has 1 fully saturated rings. The van der Waals surface area contributed by atoms with E-state index in [0.717, 1.165) is 11.8 Å². The number of ether oxygens (including phenoxy) is 2. The first kappa shape index (κ1) is 26.9. The molecule has 1 N–H and O–H groups in total. The molecule has 1 aliphatic heterocycles. The van der Waals surface area contributed by atoms with Gasteiger partial charge >= 0.3 is 0 Å². The molecule has 0 unspecified atom stereocenters. The minimum absolute atomic E-state index is 0.0433. The van der Waals surface area contributed by atoms with Gasteiger partial charge in [-0.15, -0.1) is 0 Å². The molecule has 41 heavy (non-hydrogen) atoms. The number of morpholine rings is 1. The summed E-state index contributed by atoms with van der Waals surface area (Å²) in [5.41, 5.74) is 1.36. The summed E-state index contributed by atoms with van der Waals surface area (Å²) in [5, 5.41) is 6.90. The summed E-state index contributed by atoms with van der Waals surface area (Å²) in [7, 11) is 0. The van der Waals surface area contributed by atoms with Gasteiger partial charge in [0.25, 0.3) is 11.5 Å². The summed E-state index contributed by atoms with van der Waals surface area (Å²) in [4.78, 5) is 28.4. The molecule has 1 saturated heterocycles. The van der Waals surface area contributed by atoms with Crippen molar-refractivity contribution in [3.63, 3.8) is 0 Å². The lowest BCUT2D eigenvalue weighted by atomic mass is 10.2. The van der Waals surface area contributed by atoms with Crippen molar-refractivity contribution in [3.8, 4) is 17.2 Å². The van der Waals surface area contributed by atoms with Crippen molar-refractivity contribution in [1.29, 1.82) is 0 Å². The van der Waals surface area contributed by atoms with E-state index in [1.807, 2.05) is 34.9 Å². The van der Waals surface area contributed by atoms with Gasteiger partial charge in [-0.05, 0) is 71.1 Å². The van der Waals surface area contributed by atoms with Crippen molar-refractivity contribution in [2.75, 3.05) is 36.5 Å². The minimum atomic E-state index is -0.705. The molecule has 0 saturated carbocycles. The average molecular weight is 669 g/mol. The van der Waals surface area contributed by atoms with Crippen LogP contribution in [0.15, 0.2) is 84.0 Å². The van der Waals surface area contributed by atoms with Crippen molar-refractivity contribution in [2.24, 2.45) is 0 Å². The molecule has 208 valence electrons. The lowest BCUT2D eigenvalue weighted by Gasteiger charge is -2.29. The fourth-order valence-corrected chi connectivity index (χ4v) is 5.19. The fourth-order valence-electron chi connectivity index (χ4n) is 4.56. The van der Waals surface area contributed by atoms with Crippen LogP contribution in [0.1, 0.15) is 10.4 Å². The third-order valence-electron chi connectivity index (χ3n) is 6.62. The van der Waals surface area contributed by atoms with E-state index < -0.39 is 23.1 Å². The van der Waals surface area contributed by atoms with Gasteiger partial charge in [-0.25, -0.2) is 13.3 Å². The van der Waals surface area contributed by atoms with Gasteiger partial charge in [0.05, 0.1) is 31.3 Å². The SMILES string of the molecule is O=C(Nc1ccc(Oc2cc(N3CCOCC3)cn3nccc23)c(F)c1)c1c(I)ccn(-c2ccc(F)cc2)c1=O. The van der Waals surface area contributed by atoms with Gasteiger partial charge in [0.2, 0.25) is 0 Å². The van der Waals surface area contributed by atoms with Crippen LogP contribution in [0.25, 0.3) is 11.2 Å². The molecule has 12 heteroatoms. The monoisotopic (exact) mass is 669 g/mol. The summed E-state index contributed by atoms with van der Waals surface area (Å²) in [6.45, 7) is 2.64. The second-order valence-corrected chi connectivity index (χ2v) is 10.4. The van der Waals surface area contributed by atoms with E-state index in [1.165, 1.54) is 47.2 Å². The molecular weight excluding hydrogens is 647 g/mol. The Kier molecular flexibility index (Phi) is 7.41. The molecule has 0 atom stereocenters. The number of aromatic nitrogens is 3. The number of rotatable bonds is 6. The quantitative estimate of drug-likeness (QED) is 0.249. The highest BCUT2D eigenvalue weighted by Gasteiger charge is 2.20. The van der Waals surface area contributed by atoms with Crippen molar-refractivity contribution >= 4 is 45.4 Å². The Bertz CT molecular complexity index is 1820. The number of carbonyl (C=O) groups is 1. The molecule has 1 amide bonds. The first-order chi connectivity index (χ1) is 19.9. The second kappa shape index (κ2) is 11.3. The zero-order valence-electron chi connectivity index (χ0n) is 21.4. The van der Waals surface area contributed by atoms with E-state index in [2.05, 4.69) is 15.3 Å². The van der Waals surface area contributed by atoms with Gasteiger partial charge in [-0.2, -0.15) is 5.10 Å². The standard InChI is InChI=1S/C29H22F2IN5O4/c30-18-1-4-20(5-2-18)36-10-8-23(32)27(29(36)39)28(38)34-19-3-6-25(22(31)15-19)41-26-16-21(35-11-13-40-14-12-35)17-37-24(26)7-9-33-37/h1-10,15-17H,11-14H2,(H,34,38). The first-order valence-electron chi connectivity index (χ1n) is 12.6. The summed E-state index contributed by atoms with van der Waals surface area (Å²) in [6.07, 6.45) is 5.03. The van der Waals surface area contributed by atoms with Gasteiger partial charge in [-0.3, -0.25) is 14.2 Å². The molecule has 2 aromatic carbocycles. The molecule has 0 aliphatic carbocycles. The first-order valence-corrected chi connectivity index (χ1v) is 13.7. The maximum Gasteiger partial charge on any atom is 0.269 e. The van der Waals surface area contributed by atoms with E-state index >= 15 is 4.39 Å². The zero-order valence-corrected chi connectivity index (χ0v) is 23.5. The fraction of sp³-hybridized carbons (Fsp3) is 0.138. The number of anilines is 2. The van der Waals surface area contributed by atoms with E-state index in [9.17, 15) is 14.0 Å². The van der Waals surface area contributed by atoms with Gasteiger partial charge in [0.1, 0.15) is 16.9 Å². The van der Waals surface area contributed by atoms with Crippen LogP contribution >= 0.6 is 22.6 Å². The molecule has 5 aromatic rings.